The standard InChI is InChI=1S/C98H146N8O39/c1-27-68-35-75(86(134-64(23)117)90(135-65(24)118)85(68)133-63(22)116)106(55(14)108)74-37-78(129-59(18)112)96(128-53(74)12)144-88-77(29-3)139-98(92(137-67(26)120)91(88)136-66(25)119)145-87-76(28-2)138-94(50(9)82(87)130-60(19)113)125-41-70-38-103(101-99-70)30-32-121-33-31-104-39-71(100-102-104)42-126-97-84(132-62(21)115)49(8)81(79(141-97)43-123-57(16)110)142-95-51(10)83(131-61(20)114)89(80(140-95)44-124-58(17)111)143-93-45(4)34-73(52(11)127-93)105(54(13)107)72-36-69(40-122-56(15)109)47(6)46(5)48(72)7/h35-36,38-39,45-53,72-98H,27-34,37,40-44H2,1-26H3/t45?,46-,47-,48+,49-,50+,51?,52?,53?,72+,73-,74+,75-,76?,77?,78+,79?,80?,81-,82?,83+,84?,85-,86+,87-,88-,89+,90+,91?,92+,93+,94-,95+,96-,97+,98-/m0/s1. The molecule has 36 atom stereocenters. The van der Waals surface area contributed by atoms with Gasteiger partial charge in [-0.05, 0) is 68.4 Å². The summed E-state index contributed by atoms with van der Waals surface area (Å²) in [5.74, 6) is -12.1. The van der Waals surface area contributed by atoms with Gasteiger partial charge in [-0.3, -0.25) is 67.1 Å². The van der Waals surface area contributed by atoms with Crippen molar-refractivity contribution in [2.45, 2.75) is 416 Å². The minimum Gasteiger partial charge on any atom is -0.463 e. The maximum atomic E-state index is 14.2. The van der Waals surface area contributed by atoms with Crippen LogP contribution in [0.25, 0.3) is 0 Å². The first-order valence-corrected chi connectivity index (χ1v) is 49.6. The first-order chi connectivity index (χ1) is 68.5. The third-order valence-corrected chi connectivity index (χ3v) is 27.4. The number of carbonyl (C=O) groups excluding carboxylic acids is 14. The van der Waals surface area contributed by atoms with Crippen molar-refractivity contribution in [2.24, 2.45) is 41.4 Å². The first kappa shape index (κ1) is 117. The number of rotatable bonds is 42. The van der Waals surface area contributed by atoms with Gasteiger partial charge in [0.1, 0.15) is 73.9 Å². The topological polar surface area (TPSA) is 538 Å². The Morgan fingerprint density at radius 2 is 0.759 bits per heavy atom. The van der Waals surface area contributed by atoms with Crippen LogP contribution in [0.2, 0.25) is 0 Å². The van der Waals surface area contributed by atoms with Gasteiger partial charge in [0.25, 0.3) is 0 Å². The summed E-state index contributed by atoms with van der Waals surface area (Å²) in [4.78, 5) is 186. The number of hydrogen-bond acceptors (Lipinski definition) is 43. The lowest BCUT2D eigenvalue weighted by Gasteiger charge is -2.51. The van der Waals surface area contributed by atoms with Gasteiger partial charge in [0.2, 0.25) is 11.8 Å². The Bertz CT molecular complexity index is 4830. The van der Waals surface area contributed by atoms with E-state index < -0.39 is 280 Å². The fraction of sp³-hybridized carbons (Fsp3) is 0.776. The zero-order valence-corrected chi connectivity index (χ0v) is 87.5. The summed E-state index contributed by atoms with van der Waals surface area (Å²) in [6, 6.07) is -3.01. The van der Waals surface area contributed by atoms with E-state index in [0.29, 0.717) is 23.4 Å². The van der Waals surface area contributed by atoms with E-state index in [1.54, 1.807) is 71.6 Å². The molecule has 6 aliphatic heterocycles. The molecule has 2 amide bonds. The molecule has 47 nitrogen and oxygen atoms in total. The highest BCUT2D eigenvalue weighted by atomic mass is 16.8. The van der Waals surface area contributed by atoms with Crippen LogP contribution in [0.1, 0.15) is 224 Å². The highest BCUT2D eigenvalue weighted by Crippen LogP contribution is 2.47. The molecule has 10 rings (SSSR count). The molecule has 8 heterocycles. The molecule has 0 radical (unpaired) electrons. The van der Waals surface area contributed by atoms with E-state index in [1.165, 1.54) is 65.0 Å². The summed E-state index contributed by atoms with van der Waals surface area (Å²) in [5, 5.41) is 17.1. The second-order valence-electron chi connectivity index (χ2n) is 38.4. The van der Waals surface area contributed by atoms with E-state index in [-0.39, 0.29) is 108 Å². The van der Waals surface area contributed by atoms with Gasteiger partial charge in [0.15, 0.2) is 80.5 Å². The molecular weight excluding hydrogens is 1910 g/mol. The number of hydrogen-bond donors (Lipinski definition) is 0. The second-order valence-corrected chi connectivity index (χ2v) is 38.4. The monoisotopic (exact) mass is 2060 g/mol. The van der Waals surface area contributed by atoms with E-state index in [2.05, 4.69) is 41.4 Å². The molecule has 0 bridgehead atoms. The van der Waals surface area contributed by atoms with Crippen LogP contribution >= 0.6 is 0 Å². The minimum atomic E-state index is -1.64. The maximum Gasteiger partial charge on any atom is 0.303 e. The largest absolute Gasteiger partial charge is 0.463 e. The van der Waals surface area contributed by atoms with Crippen molar-refractivity contribution in [1.29, 1.82) is 0 Å². The van der Waals surface area contributed by atoms with Crippen molar-refractivity contribution in [3.8, 4) is 0 Å². The van der Waals surface area contributed by atoms with Gasteiger partial charge in [-0.25, -0.2) is 9.36 Å². The Hall–Kier alpha value is -10.2. The van der Waals surface area contributed by atoms with E-state index in [1.807, 2.05) is 24.8 Å². The summed E-state index contributed by atoms with van der Waals surface area (Å²) < 4.78 is 159. The molecule has 2 aromatic heterocycles. The van der Waals surface area contributed by atoms with Crippen molar-refractivity contribution >= 4 is 83.4 Å². The third kappa shape index (κ3) is 30.8. The van der Waals surface area contributed by atoms with Gasteiger partial charge >= 0.3 is 71.6 Å². The lowest BCUT2D eigenvalue weighted by atomic mass is 9.71. The van der Waals surface area contributed by atoms with Crippen LogP contribution in [0.3, 0.4) is 0 Å². The quantitative estimate of drug-likeness (QED) is 0.0312. The Morgan fingerprint density at radius 1 is 0.352 bits per heavy atom. The van der Waals surface area contributed by atoms with Crippen LogP contribution in [0.4, 0.5) is 0 Å². The Kier molecular flexibility index (Phi) is 42.8. The lowest BCUT2D eigenvalue weighted by molar-refractivity contribution is -0.368. The number of aromatic nitrogens is 6. The van der Waals surface area contributed by atoms with Gasteiger partial charge in [-0.2, -0.15) is 0 Å². The zero-order valence-electron chi connectivity index (χ0n) is 87.5. The molecular formula is C98H146N8O39. The summed E-state index contributed by atoms with van der Waals surface area (Å²) in [7, 11) is 0. The fourth-order valence-electron chi connectivity index (χ4n) is 20.3. The number of esters is 12. The molecule has 2 aromatic rings. The van der Waals surface area contributed by atoms with Gasteiger partial charge in [-0.15, -0.1) is 10.2 Å². The molecule has 145 heavy (non-hydrogen) atoms. The average molecular weight is 2060 g/mol. The summed E-state index contributed by atoms with van der Waals surface area (Å²) in [5.41, 5.74) is 2.07. The van der Waals surface area contributed by atoms with E-state index in [4.69, 9.17) is 118 Å². The molecule has 11 unspecified atom stereocenters. The molecule has 0 N–H and O–H groups in total. The first-order valence-electron chi connectivity index (χ1n) is 49.6. The molecule has 2 aliphatic carbocycles. The number of carbonyl (C=O) groups is 14. The van der Waals surface area contributed by atoms with Gasteiger partial charge in [0, 0.05) is 127 Å². The van der Waals surface area contributed by atoms with Crippen LogP contribution in [-0.4, -0.2) is 334 Å². The molecule has 0 saturated carbocycles. The molecule has 6 saturated heterocycles. The average Bonchev–Trinajstić information content (AvgIpc) is 0.982. The van der Waals surface area contributed by atoms with E-state index in [0.717, 1.165) is 47.1 Å². The summed E-state index contributed by atoms with van der Waals surface area (Å²) in [6.07, 6.45) is -23.1. The van der Waals surface area contributed by atoms with E-state index >= 15 is 0 Å². The van der Waals surface area contributed by atoms with Gasteiger partial charge in [-0.1, -0.05) is 91.8 Å². The molecule has 47 heteroatoms. The lowest BCUT2D eigenvalue weighted by Crippen LogP contribution is -2.67. The Balaban J connectivity index is 0.745. The second kappa shape index (κ2) is 53.1. The number of nitrogens with zero attached hydrogens (tertiary/aromatic N) is 8. The van der Waals surface area contributed by atoms with Crippen LogP contribution in [0.15, 0.2) is 35.7 Å². The third-order valence-electron chi connectivity index (χ3n) is 27.4. The normalized spacial score (nSPS) is 34.6. The maximum absolute atomic E-state index is 14.2. The number of amides is 2. The zero-order chi connectivity index (χ0) is 107. The smallest absolute Gasteiger partial charge is 0.303 e. The molecule has 0 aromatic carbocycles. The van der Waals surface area contributed by atoms with Crippen LogP contribution in [0.5, 0.6) is 0 Å². The Labute approximate surface area is 843 Å². The highest BCUT2D eigenvalue weighted by Gasteiger charge is 2.61. The van der Waals surface area contributed by atoms with Crippen LogP contribution in [0, 0.1) is 41.4 Å². The highest BCUT2D eigenvalue weighted by molar-refractivity contribution is 5.76. The van der Waals surface area contributed by atoms with Crippen molar-refractivity contribution in [3.05, 3.63) is 47.1 Å². The van der Waals surface area contributed by atoms with Crippen molar-refractivity contribution in [3.63, 3.8) is 0 Å². The van der Waals surface area contributed by atoms with Crippen molar-refractivity contribution in [2.75, 3.05) is 33.0 Å². The minimum absolute atomic E-state index is 0.0208. The predicted molar refractivity (Wildman–Crippen MR) is 494 cm³/mol. The molecule has 0 spiro atoms. The number of ether oxygens (including phenoxy) is 25. The SMILES string of the molecule is CCC1=C[C@H](N(C(C)=O)[C@@H]2C[C@@H](OC(C)=O)[C@H](O[C@H]3C(CC)O[C@@H](O[C@H]4C(CC)O[C@H](OCc5cn(CCOCCn6cc(CO[C@@H]7OC(COC(C)=O)[C@@H](O[C@H]8OC(COC(C)=O)[C@@H](O[C@H]9OC(C)[C@@H](N(C(C)=O)[C@@H]%10C=C(COC(C)=O)[C@@H](C)[C@H](C)[C@H]%10C)CC9C)[C@H](OC(C)=O)C8C)[C@H](C)C7OC(C)=O)nn6)nn5)[C@H](C)C4OC(C)=O)[C@H](OC(C)=O)C3OC(C)=O)OC2C)[C@@H](OC(C)=O)[C@H](OC(C)=O)[C@H]1OC(C)=O. The summed E-state index contributed by atoms with van der Waals surface area (Å²) in [6.45, 7) is 38.8. The van der Waals surface area contributed by atoms with Crippen LogP contribution < -0.4 is 0 Å². The van der Waals surface area contributed by atoms with Crippen molar-refractivity contribution in [1.82, 2.24) is 39.8 Å². The fourth-order valence-corrected chi connectivity index (χ4v) is 20.3. The predicted octanol–water partition coefficient (Wildman–Crippen LogP) is 6.14. The van der Waals surface area contributed by atoms with E-state index in [9.17, 15) is 67.1 Å². The van der Waals surface area contributed by atoms with Crippen LogP contribution in [-0.2, 0) is 212 Å². The molecule has 8 aliphatic rings. The summed E-state index contributed by atoms with van der Waals surface area (Å²) >= 11 is 0. The van der Waals surface area contributed by atoms with Crippen molar-refractivity contribution < 1.29 is 186 Å². The Morgan fingerprint density at radius 3 is 1.27 bits per heavy atom. The molecule has 812 valence electrons. The van der Waals surface area contributed by atoms with Gasteiger partial charge in [0.05, 0.1) is 107 Å². The van der Waals surface area contributed by atoms with Gasteiger partial charge < -0.3 is 128 Å². The molecule has 6 fully saturated rings.